The molecule has 4 nitrogen and oxygen atoms in total. The highest BCUT2D eigenvalue weighted by atomic mass is 19.1. The third kappa shape index (κ3) is 3.14. The van der Waals surface area contributed by atoms with Crippen LogP contribution in [0.3, 0.4) is 0 Å². The zero-order valence-corrected chi connectivity index (χ0v) is 15.3. The van der Waals surface area contributed by atoms with E-state index < -0.39 is 5.60 Å². The lowest BCUT2D eigenvalue weighted by Gasteiger charge is -2.47. The lowest BCUT2D eigenvalue weighted by Crippen LogP contribution is -2.55. The van der Waals surface area contributed by atoms with Crippen LogP contribution in [0.5, 0.6) is 5.75 Å². The molecule has 3 aliphatic rings. The van der Waals surface area contributed by atoms with Gasteiger partial charge in [-0.1, -0.05) is 6.42 Å². The van der Waals surface area contributed by atoms with Gasteiger partial charge in [-0.05, 0) is 58.7 Å². The topological polar surface area (TPSA) is 41.6 Å². The number of hydrogen-bond donors (Lipinski definition) is 1. The summed E-state index contributed by atoms with van der Waals surface area (Å²) in [6.45, 7) is 3.93. The third-order valence-corrected chi connectivity index (χ3v) is 6.04. The number of rotatable bonds is 2. The first-order valence-electron chi connectivity index (χ1n) is 9.36. The summed E-state index contributed by atoms with van der Waals surface area (Å²) in [5.74, 6) is -0.0245. The third-order valence-electron chi connectivity index (χ3n) is 6.04. The van der Waals surface area contributed by atoms with Crippen LogP contribution in [0.4, 0.5) is 4.39 Å². The Hall–Kier alpha value is -1.62. The van der Waals surface area contributed by atoms with Gasteiger partial charge in [0.2, 0.25) is 0 Å². The van der Waals surface area contributed by atoms with Crippen LogP contribution in [0.1, 0.15) is 61.9 Å². The molecule has 1 aromatic carbocycles. The van der Waals surface area contributed by atoms with E-state index in [2.05, 4.69) is 17.3 Å². The molecule has 1 amide bonds. The number of halogens is 1. The minimum atomic E-state index is -0.393. The van der Waals surface area contributed by atoms with Crippen molar-refractivity contribution in [2.75, 3.05) is 7.05 Å². The van der Waals surface area contributed by atoms with Gasteiger partial charge in [0.25, 0.3) is 5.91 Å². The van der Waals surface area contributed by atoms with E-state index in [9.17, 15) is 9.18 Å². The van der Waals surface area contributed by atoms with E-state index in [1.165, 1.54) is 31.4 Å². The van der Waals surface area contributed by atoms with Crippen LogP contribution in [-0.2, 0) is 6.42 Å². The first kappa shape index (κ1) is 16.8. The Balaban J connectivity index is 1.53. The molecule has 2 atom stereocenters. The number of carbonyl (C=O) groups excluding carboxylic acids is 1. The van der Waals surface area contributed by atoms with Crippen molar-refractivity contribution < 1.29 is 13.9 Å². The summed E-state index contributed by atoms with van der Waals surface area (Å²) in [5, 5.41) is 3.16. The average Bonchev–Trinajstić information content (AvgIpc) is 2.81. The number of nitrogens with zero attached hydrogens (tertiary/aromatic N) is 1. The summed E-state index contributed by atoms with van der Waals surface area (Å²) in [6.07, 6.45) is 6.25. The maximum Gasteiger partial charge on any atom is 0.255 e. The van der Waals surface area contributed by atoms with E-state index in [1.54, 1.807) is 0 Å². The van der Waals surface area contributed by atoms with Crippen molar-refractivity contribution in [1.82, 2.24) is 10.2 Å². The molecular weight excluding hydrogens is 319 g/mol. The minimum Gasteiger partial charge on any atom is -0.486 e. The van der Waals surface area contributed by atoms with Crippen LogP contribution in [-0.4, -0.2) is 41.6 Å². The van der Waals surface area contributed by atoms with E-state index in [-0.39, 0.29) is 17.8 Å². The Morgan fingerprint density at radius 3 is 2.64 bits per heavy atom. The van der Waals surface area contributed by atoms with Crippen LogP contribution in [0.25, 0.3) is 0 Å². The highest BCUT2D eigenvalue weighted by Gasteiger charge is 2.38. The summed E-state index contributed by atoms with van der Waals surface area (Å²) in [6, 6.07) is 4.05. The fourth-order valence-electron chi connectivity index (χ4n) is 4.84. The average molecular weight is 346 g/mol. The molecule has 4 rings (SSSR count). The summed E-state index contributed by atoms with van der Waals surface area (Å²) in [4.78, 5) is 15.3. The number of fused-ring (bicyclic) bond motifs is 3. The highest BCUT2D eigenvalue weighted by molar-refractivity contribution is 5.97. The first-order chi connectivity index (χ1) is 11.8. The van der Waals surface area contributed by atoms with Gasteiger partial charge in [0.05, 0.1) is 5.56 Å². The number of hydrogen-bond acceptors (Lipinski definition) is 3. The molecule has 2 bridgehead atoms. The molecule has 2 fully saturated rings. The molecule has 0 aromatic heterocycles. The molecule has 25 heavy (non-hydrogen) atoms. The summed E-state index contributed by atoms with van der Waals surface area (Å²) in [7, 11) is 2.20. The number of piperidine rings is 2. The molecule has 3 aliphatic heterocycles. The minimum absolute atomic E-state index is 0.160. The quantitative estimate of drug-likeness (QED) is 0.893. The maximum absolute atomic E-state index is 14.0. The molecular formula is C20H27FN2O2. The van der Waals surface area contributed by atoms with Gasteiger partial charge < -0.3 is 15.0 Å². The Morgan fingerprint density at radius 1 is 1.28 bits per heavy atom. The number of carbonyl (C=O) groups is 1. The van der Waals surface area contributed by atoms with Gasteiger partial charge in [-0.15, -0.1) is 0 Å². The summed E-state index contributed by atoms with van der Waals surface area (Å²) < 4.78 is 20.0. The van der Waals surface area contributed by atoms with E-state index in [1.807, 2.05) is 13.8 Å². The van der Waals surface area contributed by atoms with Crippen LogP contribution in [0, 0.1) is 5.82 Å². The van der Waals surface area contributed by atoms with Gasteiger partial charge in [-0.2, -0.15) is 0 Å². The summed E-state index contributed by atoms with van der Waals surface area (Å²) >= 11 is 0. The Morgan fingerprint density at radius 2 is 1.96 bits per heavy atom. The lowest BCUT2D eigenvalue weighted by atomic mass is 9.82. The predicted molar refractivity (Wildman–Crippen MR) is 94.5 cm³/mol. The molecule has 136 valence electrons. The maximum atomic E-state index is 14.0. The largest absolute Gasteiger partial charge is 0.486 e. The van der Waals surface area contributed by atoms with Crippen molar-refractivity contribution in [3.05, 3.63) is 29.1 Å². The van der Waals surface area contributed by atoms with Crippen LogP contribution >= 0.6 is 0 Å². The van der Waals surface area contributed by atoms with Crippen LogP contribution in [0.15, 0.2) is 12.1 Å². The standard InChI is InChI=1S/C20H27FN2O2/c1-20(2)11-12-7-13(21)8-17(18(12)25-20)19(24)22-14-9-15-5-4-6-16(10-14)23(15)3/h7-8,14-16H,4-6,9-11H2,1-3H3,(H,22,24). The van der Waals surface area contributed by atoms with E-state index in [0.29, 0.717) is 29.8 Å². The second-order valence-corrected chi connectivity index (χ2v) is 8.53. The van der Waals surface area contributed by atoms with Crippen molar-refractivity contribution in [3.63, 3.8) is 0 Å². The van der Waals surface area contributed by atoms with E-state index in [0.717, 1.165) is 18.4 Å². The SMILES string of the molecule is CN1C2CCCC1CC(NC(=O)c1cc(F)cc3c1OC(C)(C)C3)C2. The van der Waals surface area contributed by atoms with Gasteiger partial charge >= 0.3 is 0 Å². The highest BCUT2D eigenvalue weighted by Crippen LogP contribution is 2.39. The van der Waals surface area contributed by atoms with Gasteiger partial charge in [0, 0.05) is 30.1 Å². The van der Waals surface area contributed by atoms with Crippen molar-refractivity contribution in [3.8, 4) is 5.75 Å². The summed E-state index contributed by atoms with van der Waals surface area (Å²) in [5.41, 5.74) is 0.732. The number of amides is 1. The van der Waals surface area contributed by atoms with Gasteiger partial charge in [0.1, 0.15) is 17.2 Å². The molecule has 0 spiro atoms. The smallest absolute Gasteiger partial charge is 0.255 e. The molecule has 1 N–H and O–H groups in total. The first-order valence-corrected chi connectivity index (χ1v) is 9.36. The lowest BCUT2D eigenvalue weighted by molar-refractivity contribution is 0.0461. The predicted octanol–water partition coefficient (Wildman–Crippen LogP) is 3.28. The molecule has 0 aliphatic carbocycles. The molecule has 2 saturated heterocycles. The Kier molecular flexibility index (Phi) is 4.02. The number of nitrogens with one attached hydrogen (secondary N) is 1. The van der Waals surface area contributed by atoms with Crippen LogP contribution in [0.2, 0.25) is 0 Å². The van der Waals surface area contributed by atoms with Crippen molar-refractivity contribution in [2.24, 2.45) is 0 Å². The zero-order valence-electron chi connectivity index (χ0n) is 15.3. The van der Waals surface area contributed by atoms with E-state index >= 15 is 0 Å². The monoisotopic (exact) mass is 346 g/mol. The van der Waals surface area contributed by atoms with Gasteiger partial charge in [-0.3, -0.25) is 4.79 Å². The van der Waals surface area contributed by atoms with Gasteiger partial charge in [0.15, 0.2) is 0 Å². The molecule has 1 aromatic rings. The van der Waals surface area contributed by atoms with Crippen molar-refractivity contribution >= 4 is 5.91 Å². The second-order valence-electron chi connectivity index (χ2n) is 8.53. The zero-order chi connectivity index (χ0) is 17.8. The number of ether oxygens (including phenoxy) is 1. The van der Waals surface area contributed by atoms with Crippen LogP contribution < -0.4 is 10.1 Å². The Labute approximate surface area is 148 Å². The van der Waals surface area contributed by atoms with E-state index in [4.69, 9.17) is 4.74 Å². The molecule has 0 saturated carbocycles. The van der Waals surface area contributed by atoms with Gasteiger partial charge in [-0.25, -0.2) is 4.39 Å². The molecule has 0 radical (unpaired) electrons. The van der Waals surface area contributed by atoms with Crippen molar-refractivity contribution in [1.29, 1.82) is 0 Å². The fraction of sp³-hybridized carbons (Fsp3) is 0.650. The van der Waals surface area contributed by atoms with Crippen molar-refractivity contribution in [2.45, 2.75) is 76.1 Å². The molecule has 5 heteroatoms. The molecule has 2 unspecified atom stereocenters. The second kappa shape index (κ2) is 5.97. The normalized spacial score (nSPS) is 30.5. The molecule has 3 heterocycles. The Bertz CT molecular complexity index is 689. The fourth-order valence-corrected chi connectivity index (χ4v) is 4.84. The number of benzene rings is 1.